The first kappa shape index (κ1) is 16.0. The molecule has 1 amide bonds. The van der Waals surface area contributed by atoms with Crippen molar-refractivity contribution in [3.8, 4) is 5.75 Å². The standard InChI is InChI=1S/C15H19FN4O2/c1-4-22-13-6-5-11(7-12(13)16)19-15(21)14(17-2)10-8-18-20(3)9-10/h5-9,14,17H,4H2,1-3H3,(H,19,21). The van der Waals surface area contributed by atoms with Crippen LogP contribution in [0.2, 0.25) is 0 Å². The van der Waals surface area contributed by atoms with Crippen molar-refractivity contribution in [3.05, 3.63) is 42.0 Å². The largest absolute Gasteiger partial charge is 0.491 e. The van der Waals surface area contributed by atoms with Crippen molar-refractivity contribution in [3.63, 3.8) is 0 Å². The van der Waals surface area contributed by atoms with Crippen molar-refractivity contribution in [1.82, 2.24) is 15.1 Å². The molecule has 0 bridgehead atoms. The Labute approximate surface area is 128 Å². The van der Waals surface area contributed by atoms with Crippen molar-refractivity contribution in [2.24, 2.45) is 7.05 Å². The highest BCUT2D eigenvalue weighted by Crippen LogP contribution is 2.22. The maximum atomic E-state index is 13.8. The molecular formula is C15H19FN4O2. The Kier molecular flexibility index (Phi) is 5.11. The zero-order valence-corrected chi connectivity index (χ0v) is 12.8. The third kappa shape index (κ3) is 3.62. The Bertz CT molecular complexity index is 657. The number of benzene rings is 1. The minimum Gasteiger partial charge on any atom is -0.491 e. The number of rotatable bonds is 6. The number of amides is 1. The number of anilines is 1. The van der Waals surface area contributed by atoms with Gasteiger partial charge in [0.2, 0.25) is 5.91 Å². The molecule has 22 heavy (non-hydrogen) atoms. The third-order valence-corrected chi connectivity index (χ3v) is 3.11. The second kappa shape index (κ2) is 7.04. The van der Waals surface area contributed by atoms with Crippen molar-refractivity contribution in [2.45, 2.75) is 13.0 Å². The fraction of sp³-hybridized carbons (Fsp3) is 0.333. The number of hydrogen-bond acceptors (Lipinski definition) is 4. The molecule has 0 saturated heterocycles. The fourth-order valence-electron chi connectivity index (χ4n) is 2.10. The molecule has 7 heteroatoms. The number of carbonyl (C=O) groups excluding carboxylic acids is 1. The lowest BCUT2D eigenvalue weighted by Gasteiger charge is -2.15. The Morgan fingerprint density at radius 2 is 2.27 bits per heavy atom. The number of aromatic nitrogens is 2. The zero-order chi connectivity index (χ0) is 16.1. The zero-order valence-electron chi connectivity index (χ0n) is 12.8. The van der Waals surface area contributed by atoms with Gasteiger partial charge in [0, 0.05) is 30.6 Å². The number of carbonyl (C=O) groups is 1. The van der Waals surface area contributed by atoms with E-state index in [0.29, 0.717) is 12.3 Å². The predicted octanol–water partition coefficient (Wildman–Crippen LogP) is 1.86. The van der Waals surface area contributed by atoms with Gasteiger partial charge in [-0.2, -0.15) is 5.10 Å². The number of aryl methyl sites for hydroxylation is 1. The summed E-state index contributed by atoms with van der Waals surface area (Å²) >= 11 is 0. The van der Waals surface area contributed by atoms with E-state index in [4.69, 9.17) is 4.74 Å². The number of hydrogen-bond donors (Lipinski definition) is 2. The van der Waals surface area contributed by atoms with E-state index in [0.717, 1.165) is 5.56 Å². The normalized spacial score (nSPS) is 12.0. The Hall–Kier alpha value is -2.41. The van der Waals surface area contributed by atoms with Crippen LogP contribution < -0.4 is 15.4 Å². The van der Waals surface area contributed by atoms with Gasteiger partial charge in [0.1, 0.15) is 6.04 Å². The van der Waals surface area contributed by atoms with Gasteiger partial charge in [0.05, 0.1) is 12.8 Å². The van der Waals surface area contributed by atoms with E-state index in [1.165, 1.54) is 12.1 Å². The van der Waals surface area contributed by atoms with Crippen LogP contribution in [0.1, 0.15) is 18.5 Å². The second-order valence-electron chi connectivity index (χ2n) is 4.74. The molecule has 1 heterocycles. The van der Waals surface area contributed by atoms with Gasteiger partial charge in [-0.25, -0.2) is 4.39 Å². The van der Waals surface area contributed by atoms with Crippen molar-refractivity contribution in [2.75, 3.05) is 19.0 Å². The van der Waals surface area contributed by atoms with Crippen molar-refractivity contribution in [1.29, 1.82) is 0 Å². The molecule has 0 fully saturated rings. The highest BCUT2D eigenvalue weighted by atomic mass is 19.1. The molecule has 0 spiro atoms. The van der Waals surface area contributed by atoms with Crippen LogP contribution in [0.4, 0.5) is 10.1 Å². The van der Waals surface area contributed by atoms with E-state index in [1.54, 1.807) is 44.2 Å². The Balaban J connectivity index is 2.12. The number of likely N-dealkylation sites (N-methyl/N-ethyl adjacent to an activating group) is 1. The average molecular weight is 306 g/mol. The van der Waals surface area contributed by atoms with Crippen molar-refractivity contribution >= 4 is 11.6 Å². The average Bonchev–Trinajstić information content (AvgIpc) is 2.89. The SMILES string of the molecule is CCOc1ccc(NC(=O)C(NC)c2cnn(C)c2)cc1F. The van der Waals surface area contributed by atoms with Gasteiger partial charge in [-0.3, -0.25) is 9.48 Å². The minimum absolute atomic E-state index is 0.165. The summed E-state index contributed by atoms with van der Waals surface area (Å²) in [6.45, 7) is 2.16. The number of nitrogens with one attached hydrogen (secondary N) is 2. The van der Waals surface area contributed by atoms with Gasteiger partial charge in [-0.15, -0.1) is 0 Å². The van der Waals surface area contributed by atoms with Crippen LogP contribution in [0, 0.1) is 5.82 Å². The molecule has 0 aliphatic heterocycles. The van der Waals surface area contributed by atoms with Gasteiger partial charge in [0.15, 0.2) is 11.6 Å². The van der Waals surface area contributed by atoms with Crippen LogP contribution in [-0.4, -0.2) is 29.3 Å². The quantitative estimate of drug-likeness (QED) is 0.855. The summed E-state index contributed by atoms with van der Waals surface area (Å²) in [5, 5.41) is 9.63. The Morgan fingerprint density at radius 1 is 1.50 bits per heavy atom. The summed E-state index contributed by atoms with van der Waals surface area (Å²) in [6, 6.07) is 3.76. The molecule has 2 N–H and O–H groups in total. The molecule has 0 aliphatic rings. The van der Waals surface area contributed by atoms with Gasteiger partial charge in [0.25, 0.3) is 0 Å². The lowest BCUT2D eigenvalue weighted by Crippen LogP contribution is -2.30. The lowest BCUT2D eigenvalue weighted by molar-refractivity contribution is -0.118. The number of nitrogens with zero attached hydrogens (tertiary/aromatic N) is 2. The van der Waals surface area contributed by atoms with Gasteiger partial charge >= 0.3 is 0 Å². The van der Waals surface area contributed by atoms with E-state index in [9.17, 15) is 9.18 Å². The van der Waals surface area contributed by atoms with Gasteiger partial charge in [-0.05, 0) is 26.1 Å². The molecule has 0 radical (unpaired) electrons. The molecular weight excluding hydrogens is 287 g/mol. The van der Waals surface area contributed by atoms with E-state index < -0.39 is 11.9 Å². The maximum absolute atomic E-state index is 13.8. The molecule has 1 aromatic carbocycles. The molecule has 1 aromatic heterocycles. The first-order valence-corrected chi connectivity index (χ1v) is 6.94. The smallest absolute Gasteiger partial charge is 0.246 e. The molecule has 2 aromatic rings. The molecule has 0 saturated carbocycles. The third-order valence-electron chi connectivity index (χ3n) is 3.11. The van der Waals surface area contributed by atoms with Gasteiger partial charge in [-0.1, -0.05) is 0 Å². The summed E-state index contributed by atoms with van der Waals surface area (Å²) in [4.78, 5) is 12.3. The number of halogens is 1. The highest BCUT2D eigenvalue weighted by molar-refractivity contribution is 5.95. The summed E-state index contributed by atoms with van der Waals surface area (Å²) in [6.07, 6.45) is 3.36. The van der Waals surface area contributed by atoms with E-state index in [2.05, 4.69) is 15.7 Å². The molecule has 2 rings (SSSR count). The summed E-state index contributed by atoms with van der Waals surface area (Å²) < 4.78 is 20.5. The van der Waals surface area contributed by atoms with E-state index in [1.807, 2.05) is 0 Å². The lowest BCUT2D eigenvalue weighted by atomic mass is 10.1. The predicted molar refractivity (Wildman–Crippen MR) is 81.2 cm³/mol. The second-order valence-corrected chi connectivity index (χ2v) is 4.74. The van der Waals surface area contributed by atoms with Gasteiger partial charge < -0.3 is 15.4 Å². The van der Waals surface area contributed by atoms with E-state index >= 15 is 0 Å². The topological polar surface area (TPSA) is 68.2 Å². The van der Waals surface area contributed by atoms with Crippen LogP contribution in [0.3, 0.4) is 0 Å². The summed E-state index contributed by atoms with van der Waals surface area (Å²) in [7, 11) is 3.45. The molecule has 0 aliphatic carbocycles. The Morgan fingerprint density at radius 3 is 2.82 bits per heavy atom. The minimum atomic E-state index is -0.566. The maximum Gasteiger partial charge on any atom is 0.246 e. The van der Waals surface area contributed by atoms with Crippen LogP contribution >= 0.6 is 0 Å². The summed E-state index contributed by atoms with van der Waals surface area (Å²) in [5.74, 6) is -0.640. The number of ether oxygens (including phenoxy) is 1. The van der Waals surface area contributed by atoms with Crippen LogP contribution in [0.15, 0.2) is 30.6 Å². The monoisotopic (exact) mass is 306 g/mol. The highest BCUT2D eigenvalue weighted by Gasteiger charge is 2.20. The molecule has 118 valence electrons. The van der Waals surface area contributed by atoms with Crippen LogP contribution in [-0.2, 0) is 11.8 Å². The van der Waals surface area contributed by atoms with E-state index in [-0.39, 0.29) is 11.7 Å². The van der Waals surface area contributed by atoms with Crippen molar-refractivity contribution < 1.29 is 13.9 Å². The first-order valence-electron chi connectivity index (χ1n) is 6.94. The summed E-state index contributed by atoms with van der Waals surface area (Å²) in [5.41, 5.74) is 1.10. The first-order chi connectivity index (χ1) is 10.5. The molecule has 1 atom stereocenters. The molecule has 6 nitrogen and oxygen atoms in total. The van der Waals surface area contributed by atoms with Crippen LogP contribution in [0.5, 0.6) is 5.75 Å². The molecule has 1 unspecified atom stereocenters. The fourth-order valence-corrected chi connectivity index (χ4v) is 2.10. The van der Waals surface area contributed by atoms with Crippen LogP contribution in [0.25, 0.3) is 0 Å².